The van der Waals surface area contributed by atoms with Crippen LogP contribution in [0.2, 0.25) is 0 Å². The number of fused-ring (bicyclic) bond motifs is 1. The molecule has 1 aromatic heterocycles. The molecule has 2 heterocycles. The summed E-state index contributed by atoms with van der Waals surface area (Å²) >= 11 is 0. The zero-order valence-corrected chi connectivity index (χ0v) is 32.8. The molecule has 4 atom stereocenters. The Morgan fingerprint density at radius 3 is 2.12 bits per heavy atom. The van der Waals surface area contributed by atoms with E-state index in [1.807, 2.05) is 24.3 Å². The number of amides is 8. The first-order valence-corrected chi connectivity index (χ1v) is 19.7. The third-order valence-electron chi connectivity index (χ3n) is 9.55. The number of carbonyl (C=O) groups is 8. The highest BCUT2D eigenvalue weighted by Crippen LogP contribution is 2.22. The van der Waals surface area contributed by atoms with Gasteiger partial charge in [0.2, 0.25) is 47.3 Å². The van der Waals surface area contributed by atoms with Crippen LogP contribution in [-0.2, 0) is 56.0 Å². The SMILES string of the molecule is CC(=O)NCC(=O)NC1CCC(=O)NCCCC(NOC2CC2)NC(=O)[C@H](Cc2c[nH]c3ccccc23)NC(=O)CNC(=O)C(Cc2ccccc2)NC(=O)CNC1=O. The van der Waals surface area contributed by atoms with Crippen molar-refractivity contribution in [2.75, 3.05) is 26.2 Å². The molecule has 2 aliphatic rings. The molecule has 316 valence electrons. The second-order valence-electron chi connectivity index (χ2n) is 14.5. The van der Waals surface area contributed by atoms with Gasteiger partial charge in [-0.1, -0.05) is 48.5 Å². The molecule has 1 saturated carbocycles. The number of H-pyrrole nitrogens is 1. The average molecular weight is 817 g/mol. The van der Waals surface area contributed by atoms with Crippen molar-refractivity contribution in [3.8, 4) is 0 Å². The summed E-state index contributed by atoms with van der Waals surface area (Å²) in [6, 6.07) is 12.9. The van der Waals surface area contributed by atoms with Crippen molar-refractivity contribution < 1.29 is 43.2 Å². The first-order chi connectivity index (χ1) is 28.4. The predicted molar refractivity (Wildman–Crippen MR) is 213 cm³/mol. The minimum absolute atomic E-state index is 0.00476. The number of benzene rings is 2. The van der Waals surface area contributed by atoms with Crippen molar-refractivity contribution in [2.24, 2.45) is 0 Å². The zero-order valence-electron chi connectivity index (χ0n) is 32.8. The molecule has 8 amide bonds. The fourth-order valence-electron chi connectivity index (χ4n) is 6.27. The Balaban J connectivity index is 1.35. The predicted octanol–water partition coefficient (Wildman–Crippen LogP) is -1.41. The third-order valence-corrected chi connectivity index (χ3v) is 9.55. The summed E-state index contributed by atoms with van der Waals surface area (Å²) in [6.07, 6.45) is 3.30. The van der Waals surface area contributed by atoms with E-state index in [0.717, 1.165) is 29.3 Å². The molecular formula is C40H52N10O9. The van der Waals surface area contributed by atoms with Crippen molar-refractivity contribution in [3.63, 3.8) is 0 Å². The highest BCUT2D eigenvalue weighted by atomic mass is 16.7. The van der Waals surface area contributed by atoms with Gasteiger partial charge in [-0.2, -0.15) is 5.48 Å². The first kappa shape index (κ1) is 43.8. The summed E-state index contributed by atoms with van der Waals surface area (Å²) in [5.41, 5.74) is 5.24. The maximum Gasteiger partial charge on any atom is 0.244 e. The lowest BCUT2D eigenvalue weighted by molar-refractivity contribution is -0.133. The van der Waals surface area contributed by atoms with E-state index in [1.165, 1.54) is 6.92 Å². The molecule has 2 aromatic carbocycles. The Morgan fingerprint density at radius 2 is 1.41 bits per heavy atom. The molecule has 1 saturated heterocycles. The molecule has 1 aliphatic heterocycles. The van der Waals surface area contributed by atoms with E-state index in [-0.39, 0.29) is 38.3 Å². The summed E-state index contributed by atoms with van der Waals surface area (Å²) in [6.45, 7) is -0.113. The molecule has 1 aliphatic carbocycles. The molecule has 10 N–H and O–H groups in total. The molecular weight excluding hydrogens is 765 g/mol. The smallest absolute Gasteiger partial charge is 0.244 e. The first-order valence-electron chi connectivity index (χ1n) is 19.7. The van der Waals surface area contributed by atoms with Gasteiger partial charge >= 0.3 is 0 Å². The van der Waals surface area contributed by atoms with Crippen LogP contribution in [0.25, 0.3) is 10.9 Å². The standard InChI is InChI=1S/C40H52N10O9/c1-24(51)42-21-35(53)46-30-15-16-34(52)41-17-7-12-33(50-59-27-13-14-27)49-40(58)32(19-26-20-43-29-11-6-5-10-28(26)29)48-37(55)23-45-39(57)31(18-25-8-3-2-4-9-25)47-36(54)22-44-38(30)56/h2-6,8-11,20,27,30-33,43,50H,7,12-19,21-23H2,1H3,(H,41,52)(H,42,51)(H,44,56)(H,45,57)(H,46,53)(H,47,54)(H,48,55)(H,49,58)/t30?,31?,32-,33?/m0/s1. The van der Waals surface area contributed by atoms with Gasteiger partial charge in [0.1, 0.15) is 24.3 Å². The van der Waals surface area contributed by atoms with Crippen molar-refractivity contribution in [3.05, 3.63) is 71.9 Å². The fraction of sp³-hybridized carbons (Fsp3) is 0.450. The largest absolute Gasteiger partial charge is 0.361 e. The van der Waals surface area contributed by atoms with Gasteiger partial charge in [0.15, 0.2) is 0 Å². The van der Waals surface area contributed by atoms with Crippen molar-refractivity contribution in [1.29, 1.82) is 0 Å². The lowest BCUT2D eigenvalue weighted by Gasteiger charge is -2.24. The quantitative estimate of drug-likeness (QED) is 0.107. The molecule has 2 fully saturated rings. The Labute approximate surface area is 340 Å². The van der Waals surface area contributed by atoms with E-state index in [0.29, 0.717) is 18.4 Å². The van der Waals surface area contributed by atoms with Crippen LogP contribution in [0.1, 0.15) is 56.6 Å². The number of hydrogen-bond acceptors (Lipinski definition) is 10. The Bertz CT molecular complexity index is 1970. The van der Waals surface area contributed by atoms with Crippen molar-refractivity contribution in [1.82, 2.24) is 53.0 Å². The fourth-order valence-corrected chi connectivity index (χ4v) is 6.27. The van der Waals surface area contributed by atoms with E-state index in [2.05, 4.69) is 53.0 Å². The van der Waals surface area contributed by atoms with Crippen LogP contribution in [0.5, 0.6) is 0 Å². The maximum atomic E-state index is 14.0. The van der Waals surface area contributed by atoms with Gasteiger partial charge in [-0.15, -0.1) is 0 Å². The molecule has 19 nitrogen and oxygen atoms in total. The maximum absolute atomic E-state index is 14.0. The Kier molecular flexibility index (Phi) is 16.3. The number of carbonyl (C=O) groups excluding carboxylic acids is 8. The zero-order chi connectivity index (χ0) is 42.1. The van der Waals surface area contributed by atoms with Gasteiger partial charge < -0.3 is 47.5 Å². The van der Waals surface area contributed by atoms with Gasteiger partial charge in [-0.3, -0.25) is 43.2 Å². The van der Waals surface area contributed by atoms with Gasteiger partial charge in [-0.25, -0.2) is 0 Å². The molecule has 3 aromatic rings. The highest BCUT2D eigenvalue weighted by Gasteiger charge is 2.29. The second-order valence-corrected chi connectivity index (χ2v) is 14.5. The second kappa shape index (κ2) is 22.0. The average Bonchev–Trinajstić information content (AvgIpc) is 3.97. The summed E-state index contributed by atoms with van der Waals surface area (Å²) < 4.78 is 0. The van der Waals surface area contributed by atoms with Gasteiger partial charge in [0, 0.05) is 49.8 Å². The lowest BCUT2D eigenvalue weighted by Crippen LogP contribution is -2.56. The molecule has 59 heavy (non-hydrogen) atoms. The summed E-state index contributed by atoms with van der Waals surface area (Å²) in [5, 5.41) is 21.8. The van der Waals surface area contributed by atoms with Crippen LogP contribution >= 0.6 is 0 Å². The van der Waals surface area contributed by atoms with Gasteiger partial charge in [-0.05, 0) is 49.3 Å². The molecule has 19 heteroatoms. The van der Waals surface area contributed by atoms with Crippen LogP contribution in [0.3, 0.4) is 0 Å². The summed E-state index contributed by atoms with van der Waals surface area (Å²) in [7, 11) is 0. The minimum atomic E-state index is -1.25. The van der Waals surface area contributed by atoms with Crippen molar-refractivity contribution in [2.45, 2.75) is 88.7 Å². The lowest BCUT2D eigenvalue weighted by atomic mass is 10.0. The molecule has 0 radical (unpaired) electrons. The van der Waals surface area contributed by atoms with Gasteiger partial charge in [0.05, 0.1) is 25.7 Å². The number of hydrogen-bond donors (Lipinski definition) is 10. The highest BCUT2D eigenvalue weighted by molar-refractivity contribution is 5.95. The third kappa shape index (κ3) is 14.8. The summed E-state index contributed by atoms with van der Waals surface area (Å²) in [4.78, 5) is 113. The van der Waals surface area contributed by atoms with Crippen LogP contribution in [0.4, 0.5) is 0 Å². The van der Waals surface area contributed by atoms with Crippen LogP contribution in [-0.4, -0.2) is 109 Å². The number of aromatic amines is 1. The van der Waals surface area contributed by atoms with Crippen LogP contribution in [0.15, 0.2) is 60.8 Å². The van der Waals surface area contributed by atoms with E-state index in [1.54, 1.807) is 36.5 Å². The van der Waals surface area contributed by atoms with Crippen LogP contribution < -0.4 is 48.0 Å². The molecule has 0 bridgehead atoms. The van der Waals surface area contributed by atoms with E-state index >= 15 is 0 Å². The summed E-state index contributed by atoms with van der Waals surface area (Å²) in [5.74, 6) is -4.98. The number of para-hydroxylation sites is 1. The topological polar surface area (TPSA) is 270 Å². The minimum Gasteiger partial charge on any atom is -0.361 e. The van der Waals surface area contributed by atoms with Crippen LogP contribution in [0, 0.1) is 0 Å². The number of hydroxylamine groups is 1. The normalized spacial score (nSPS) is 22.1. The van der Waals surface area contributed by atoms with Crippen molar-refractivity contribution >= 4 is 58.2 Å². The number of rotatable bonds is 10. The number of nitrogens with one attached hydrogen (secondary N) is 10. The Hall–Kier alpha value is -6.34. The van der Waals surface area contributed by atoms with E-state index in [9.17, 15) is 38.4 Å². The Morgan fingerprint density at radius 1 is 0.729 bits per heavy atom. The van der Waals surface area contributed by atoms with Gasteiger partial charge in [0.25, 0.3) is 0 Å². The van der Waals surface area contributed by atoms with E-state index < -0.39 is 91.2 Å². The molecule has 3 unspecified atom stereocenters. The van der Waals surface area contributed by atoms with E-state index in [4.69, 9.17) is 4.84 Å². The molecule has 5 rings (SSSR count). The number of aromatic nitrogens is 1. The monoisotopic (exact) mass is 816 g/mol. The molecule has 0 spiro atoms.